The molecule has 0 heterocycles. The second-order valence-electron chi connectivity index (χ2n) is 5.65. The van der Waals surface area contributed by atoms with Crippen LogP contribution in [0.25, 0.3) is 0 Å². The second kappa shape index (κ2) is 7.53. The van der Waals surface area contributed by atoms with E-state index in [9.17, 15) is 34.8 Å². The van der Waals surface area contributed by atoms with Gasteiger partial charge in [0, 0.05) is 0 Å². The fourth-order valence-electron chi connectivity index (χ4n) is 2.21. The Morgan fingerprint density at radius 3 is 2.07 bits per heavy atom. The monoisotopic (exact) mass is 437 g/mol. The van der Waals surface area contributed by atoms with Gasteiger partial charge in [-0.15, -0.1) is 0 Å². The van der Waals surface area contributed by atoms with Gasteiger partial charge < -0.3 is 5.11 Å². The maximum atomic E-state index is 13.3. The Labute approximate surface area is 158 Å². The van der Waals surface area contributed by atoms with Crippen molar-refractivity contribution in [2.45, 2.75) is 33.8 Å². The molecule has 2 N–H and O–H groups in total. The Kier molecular flexibility index (Phi) is 5.87. The average Bonchev–Trinajstić information content (AvgIpc) is 2.60. The number of nitrogens with one attached hydrogen (secondary N) is 1. The number of benzene rings is 2. The maximum Gasteiger partial charge on any atom is 0.417 e. The molecule has 7 nitrogen and oxygen atoms in total. The van der Waals surface area contributed by atoms with Gasteiger partial charge >= 0.3 is 12.1 Å². The number of rotatable bonds is 6. The molecule has 0 bridgehead atoms. The molecule has 0 aromatic heterocycles. The molecule has 0 spiro atoms. The van der Waals surface area contributed by atoms with Crippen molar-refractivity contribution in [3.63, 3.8) is 0 Å². The highest BCUT2D eigenvalue weighted by molar-refractivity contribution is 7.91. The summed E-state index contributed by atoms with van der Waals surface area (Å²) < 4.78 is 91.3. The first kappa shape index (κ1) is 21.9. The van der Waals surface area contributed by atoms with E-state index in [-0.39, 0.29) is 4.90 Å². The molecule has 2 aromatic rings. The molecule has 2 aromatic carbocycles. The third-order valence-corrected chi connectivity index (χ3v) is 6.96. The maximum absolute atomic E-state index is 13.3. The molecule has 0 aliphatic rings. The summed E-state index contributed by atoms with van der Waals surface area (Å²) in [6.45, 7) is 0.914. The lowest BCUT2D eigenvalue weighted by Gasteiger charge is -2.17. The molecule has 0 amide bonds. The molecule has 0 aliphatic heterocycles. The standard InChI is InChI=1S/C16H14F3NO6S2/c1-10(15(21)22)20-28(25,26)14-9-12(7-8-13(14)16(17,18)19)27(23,24)11-5-3-2-4-6-11/h2-10,20H,1H3,(H,21,22)/t10-/m0/s1. The van der Waals surface area contributed by atoms with E-state index >= 15 is 0 Å². The number of alkyl halides is 3. The van der Waals surface area contributed by atoms with Crippen molar-refractivity contribution >= 4 is 25.8 Å². The number of carbonyl (C=O) groups is 1. The number of aliphatic carboxylic acids is 1. The van der Waals surface area contributed by atoms with Crippen LogP contribution in [0.4, 0.5) is 13.2 Å². The van der Waals surface area contributed by atoms with E-state index in [1.54, 1.807) is 4.72 Å². The van der Waals surface area contributed by atoms with Crippen molar-refractivity contribution in [3.05, 3.63) is 54.1 Å². The summed E-state index contributed by atoms with van der Waals surface area (Å²) in [5.74, 6) is -1.62. The lowest BCUT2D eigenvalue weighted by Crippen LogP contribution is -2.39. The highest BCUT2D eigenvalue weighted by Crippen LogP contribution is 2.36. The molecule has 0 aliphatic carbocycles. The molecule has 152 valence electrons. The number of carboxylic acids is 1. The van der Waals surface area contributed by atoms with Gasteiger partial charge in [0.05, 0.1) is 20.2 Å². The minimum Gasteiger partial charge on any atom is -0.480 e. The number of halogens is 3. The zero-order valence-corrected chi connectivity index (χ0v) is 15.8. The lowest BCUT2D eigenvalue weighted by atomic mass is 10.2. The van der Waals surface area contributed by atoms with Gasteiger partial charge in [0.2, 0.25) is 19.9 Å². The second-order valence-corrected chi connectivity index (χ2v) is 9.29. The van der Waals surface area contributed by atoms with Gasteiger partial charge in [-0.25, -0.2) is 16.8 Å². The molecule has 0 saturated carbocycles. The van der Waals surface area contributed by atoms with Gasteiger partial charge in [-0.05, 0) is 37.3 Å². The van der Waals surface area contributed by atoms with Gasteiger partial charge in [0.1, 0.15) is 6.04 Å². The smallest absolute Gasteiger partial charge is 0.417 e. The number of sulfone groups is 1. The third kappa shape index (κ3) is 4.51. The number of hydrogen-bond acceptors (Lipinski definition) is 5. The van der Waals surface area contributed by atoms with Gasteiger partial charge in [-0.2, -0.15) is 17.9 Å². The van der Waals surface area contributed by atoms with Crippen molar-refractivity contribution in [1.29, 1.82) is 0 Å². The SMILES string of the molecule is C[C@H](NS(=O)(=O)c1cc(S(=O)(=O)c2ccccc2)ccc1C(F)(F)F)C(=O)O. The fourth-order valence-corrected chi connectivity index (χ4v) is 5.04. The molecule has 28 heavy (non-hydrogen) atoms. The minimum absolute atomic E-state index is 0.245. The van der Waals surface area contributed by atoms with E-state index in [1.807, 2.05) is 0 Å². The van der Waals surface area contributed by atoms with Crippen LogP contribution in [0.15, 0.2) is 63.2 Å². The quantitative estimate of drug-likeness (QED) is 0.716. The molecule has 12 heteroatoms. The van der Waals surface area contributed by atoms with E-state index in [0.717, 1.165) is 6.92 Å². The molecule has 1 atom stereocenters. The number of carboxylic acid groups (broad SMARTS) is 1. The molecule has 0 radical (unpaired) electrons. The Morgan fingerprint density at radius 2 is 1.57 bits per heavy atom. The van der Waals surface area contributed by atoms with Crippen LogP contribution in [0.5, 0.6) is 0 Å². The van der Waals surface area contributed by atoms with Crippen molar-refractivity contribution in [2.24, 2.45) is 0 Å². The summed E-state index contributed by atoms with van der Waals surface area (Å²) in [5.41, 5.74) is -1.62. The zero-order valence-electron chi connectivity index (χ0n) is 14.1. The number of hydrogen-bond donors (Lipinski definition) is 2. The van der Waals surface area contributed by atoms with E-state index < -0.39 is 53.4 Å². The van der Waals surface area contributed by atoms with Crippen LogP contribution in [0.2, 0.25) is 0 Å². The molecule has 0 unspecified atom stereocenters. The van der Waals surface area contributed by atoms with Crippen LogP contribution in [-0.4, -0.2) is 34.0 Å². The summed E-state index contributed by atoms with van der Waals surface area (Å²) in [6, 6.07) is 6.31. The predicted molar refractivity (Wildman–Crippen MR) is 90.8 cm³/mol. The lowest BCUT2D eigenvalue weighted by molar-refractivity contribution is -0.140. The topological polar surface area (TPSA) is 118 Å². The van der Waals surface area contributed by atoms with Gasteiger partial charge in [-0.3, -0.25) is 4.79 Å². The van der Waals surface area contributed by atoms with Crippen molar-refractivity contribution in [1.82, 2.24) is 4.72 Å². The Balaban J connectivity index is 2.70. The van der Waals surface area contributed by atoms with Crippen LogP contribution >= 0.6 is 0 Å². The Hall–Kier alpha value is -2.44. The third-order valence-electron chi connectivity index (χ3n) is 3.61. The largest absolute Gasteiger partial charge is 0.480 e. The van der Waals surface area contributed by atoms with Gasteiger partial charge in [0.25, 0.3) is 0 Å². The molecule has 2 rings (SSSR count). The summed E-state index contributed by atoms with van der Waals surface area (Å²) in [4.78, 5) is 8.54. The predicted octanol–water partition coefficient (Wildman–Crippen LogP) is 2.29. The van der Waals surface area contributed by atoms with Crippen LogP contribution in [0, 0.1) is 0 Å². The van der Waals surface area contributed by atoms with Crippen molar-refractivity contribution in [3.8, 4) is 0 Å². The Bertz CT molecular complexity index is 1100. The normalized spacial score (nSPS) is 13.9. The van der Waals surface area contributed by atoms with Gasteiger partial charge in [0.15, 0.2) is 0 Å². The van der Waals surface area contributed by atoms with E-state index in [2.05, 4.69) is 0 Å². The van der Waals surface area contributed by atoms with E-state index in [0.29, 0.717) is 18.2 Å². The minimum atomic E-state index is -5.12. The molecule has 0 fully saturated rings. The van der Waals surface area contributed by atoms with E-state index in [4.69, 9.17) is 5.11 Å². The number of sulfonamides is 1. The van der Waals surface area contributed by atoms with E-state index in [1.165, 1.54) is 30.3 Å². The van der Waals surface area contributed by atoms with Crippen LogP contribution in [0.3, 0.4) is 0 Å². The summed E-state index contributed by atoms with van der Waals surface area (Å²) in [5, 5.41) is 8.81. The van der Waals surface area contributed by atoms with Crippen molar-refractivity contribution < 1.29 is 39.9 Å². The highest BCUT2D eigenvalue weighted by Gasteiger charge is 2.39. The van der Waals surface area contributed by atoms with Crippen molar-refractivity contribution in [2.75, 3.05) is 0 Å². The summed E-state index contributed by atoms with van der Waals surface area (Å²) in [7, 11) is -9.30. The van der Waals surface area contributed by atoms with Crippen LogP contribution in [-0.2, 0) is 30.8 Å². The Morgan fingerprint density at radius 1 is 1.00 bits per heavy atom. The first-order valence-corrected chi connectivity index (χ1v) is 10.5. The van der Waals surface area contributed by atoms with Crippen LogP contribution in [0.1, 0.15) is 12.5 Å². The first-order valence-electron chi connectivity index (χ1n) is 7.53. The highest BCUT2D eigenvalue weighted by atomic mass is 32.2. The zero-order chi connectivity index (χ0) is 21.3. The fraction of sp³-hybridized carbons (Fsp3) is 0.188. The summed E-state index contributed by atoms with van der Waals surface area (Å²) in [6.07, 6.45) is -5.12. The first-order chi connectivity index (χ1) is 12.8. The average molecular weight is 437 g/mol. The molecular formula is C16H14F3NO6S2. The molecule has 0 saturated heterocycles. The van der Waals surface area contributed by atoms with Crippen LogP contribution < -0.4 is 4.72 Å². The summed E-state index contributed by atoms with van der Waals surface area (Å²) >= 11 is 0. The van der Waals surface area contributed by atoms with Gasteiger partial charge in [-0.1, -0.05) is 18.2 Å². The molecular weight excluding hydrogens is 423 g/mol.